The predicted molar refractivity (Wildman–Crippen MR) is 68.0 cm³/mol. The van der Waals surface area contributed by atoms with E-state index in [9.17, 15) is 8.42 Å². The summed E-state index contributed by atoms with van der Waals surface area (Å²) in [7, 11) is -3.35. The maximum Gasteiger partial charge on any atom is 0.243 e. The second-order valence-electron chi connectivity index (χ2n) is 5.32. The lowest BCUT2D eigenvalue weighted by molar-refractivity contribution is 0.375. The average Bonchev–Trinajstić information content (AvgIpc) is 2.60. The molecule has 1 aliphatic heterocycles. The van der Waals surface area contributed by atoms with Gasteiger partial charge in [-0.15, -0.1) is 0 Å². The van der Waals surface area contributed by atoms with E-state index in [0.29, 0.717) is 23.7 Å². The Hall–Kier alpha value is -1.07. The van der Waals surface area contributed by atoms with E-state index in [1.807, 2.05) is 0 Å². The first kappa shape index (κ1) is 12.4. The van der Waals surface area contributed by atoms with Gasteiger partial charge in [0.2, 0.25) is 10.0 Å². The molecule has 0 bridgehead atoms. The van der Waals surface area contributed by atoms with Gasteiger partial charge in [-0.05, 0) is 36.1 Å². The number of nitrogens with zero attached hydrogens (tertiary/aromatic N) is 1. The Morgan fingerprint density at radius 2 is 1.82 bits per heavy atom. The number of anilines is 1. The van der Waals surface area contributed by atoms with Crippen molar-refractivity contribution >= 4 is 15.7 Å². The van der Waals surface area contributed by atoms with Gasteiger partial charge in [-0.1, -0.05) is 13.8 Å². The van der Waals surface area contributed by atoms with Crippen molar-refractivity contribution in [2.24, 2.45) is 5.41 Å². The van der Waals surface area contributed by atoms with E-state index < -0.39 is 10.0 Å². The summed E-state index contributed by atoms with van der Waals surface area (Å²) in [5.74, 6) is 0. The number of nitrogen functional groups attached to an aromatic ring is 1. The first-order valence-electron chi connectivity index (χ1n) is 5.67. The zero-order chi connectivity index (χ0) is 12.7. The highest BCUT2D eigenvalue weighted by atomic mass is 32.2. The van der Waals surface area contributed by atoms with Crippen LogP contribution in [0, 0.1) is 5.41 Å². The Balaban J connectivity index is 2.29. The van der Waals surface area contributed by atoms with Crippen LogP contribution in [0.4, 0.5) is 5.69 Å². The highest BCUT2D eigenvalue weighted by Crippen LogP contribution is 2.32. The molecule has 4 nitrogen and oxygen atoms in total. The lowest BCUT2D eigenvalue weighted by Gasteiger charge is -2.19. The van der Waals surface area contributed by atoms with Crippen molar-refractivity contribution in [1.29, 1.82) is 0 Å². The SMILES string of the molecule is CC1(C)CCN(S(=O)(=O)c2ccc(N)cc2)C1. The molecule has 0 unspecified atom stereocenters. The Labute approximate surface area is 102 Å². The summed E-state index contributed by atoms with van der Waals surface area (Å²) in [5.41, 5.74) is 6.20. The van der Waals surface area contributed by atoms with Crippen molar-refractivity contribution in [1.82, 2.24) is 4.31 Å². The maximum atomic E-state index is 12.3. The first-order chi connectivity index (χ1) is 7.81. The van der Waals surface area contributed by atoms with Crippen molar-refractivity contribution in [3.63, 3.8) is 0 Å². The molecule has 0 amide bonds. The molecule has 94 valence electrons. The van der Waals surface area contributed by atoms with E-state index in [1.165, 1.54) is 0 Å². The molecular weight excluding hydrogens is 236 g/mol. The number of sulfonamides is 1. The van der Waals surface area contributed by atoms with Gasteiger partial charge < -0.3 is 5.73 Å². The fourth-order valence-electron chi connectivity index (χ4n) is 2.06. The highest BCUT2D eigenvalue weighted by molar-refractivity contribution is 7.89. The van der Waals surface area contributed by atoms with Crippen LogP contribution < -0.4 is 5.73 Å². The monoisotopic (exact) mass is 254 g/mol. The summed E-state index contributed by atoms with van der Waals surface area (Å²) in [6.45, 7) is 5.36. The number of benzene rings is 1. The van der Waals surface area contributed by atoms with Gasteiger partial charge in [-0.2, -0.15) is 4.31 Å². The van der Waals surface area contributed by atoms with Gasteiger partial charge in [0.15, 0.2) is 0 Å². The normalized spacial score (nSPS) is 20.6. The van der Waals surface area contributed by atoms with Crippen LogP contribution in [0.25, 0.3) is 0 Å². The first-order valence-corrected chi connectivity index (χ1v) is 7.11. The van der Waals surface area contributed by atoms with Crippen molar-refractivity contribution < 1.29 is 8.42 Å². The number of hydrogen-bond acceptors (Lipinski definition) is 3. The van der Waals surface area contributed by atoms with Crippen molar-refractivity contribution in [3.05, 3.63) is 24.3 Å². The third-order valence-corrected chi connectivity index (χ3v) is 5.02. The zero-order valence-corrected chi connectivity index (χ0v) is 11.0. The van der Waals surface area contributed by atoms with Gasteiger partial charge in [-0.25, -0.2) is 8.42 Å². The summed E-state index contributed by atoms with van der Waals surface area (Å²) >= 11 is 0. The minimum absolute atomic E-state index is 0.0703. The lowest BCUT2D eigenvalue weighted by Crippen LogP contribution is -2.30. The molecule has 2 N–H and O–H groups in total. The summed E-state index contributed by atoms with van der Waals surface area (Å²) in [6, 6.07) is 6.37. The van der Waals surface area contributed by atoms with E-state index in [1.54, 1.807) is 28.6 Å². The number of hydrogen-bond donors (Lipinski definition) is 1. The van der Waals surface area contributed by atoms with E-state index in [2.05, 4.69) is 13.8 Å². The van der Waals surface area contributed by atoms with Gasteiger partial charge >= 0.3 is 0 Å². The molecule has 1 aliphatic rings. The second kappa shape index (κ2) is 3.99. The van der Waals surface area contributed by atoms with Gasteiger partial charge in [0.25, 0.3) is 0 Å². The second-order valence-corrected chi connectivity index (χ2v) is 7.26. The molecule has 1 saturated heterocycles. The van der Waals surface area contributed by atoms with Crippen LogP contribution in [0.3, 0.4) is 0 Å². The molecule has 5 heteroatoms. The highest BCUT2D eigenvalue weighted by Gasteiger charge is 2.36. The fourth-order valence-corrected chi connectivity index (χ4v) is 3.69. The smallest absolute Gasteiger partial charge is 0.243 e. The van der Waals surface area contributed by atoms with Gasteiger partial charge in [0.1, 0.15) is 0 Å². The van der Waals surface area contributed by atoms with E-state index in [-0.39, 0.29) is 5.41 Å². The Kier molecular flexibility index (Phi) is 2.91. The molecule has 0 aliphatic carbocycles. The largest absolute Gasteiger partial charge is 0.399 e. The predicted octanol–water partition coefficient (Wildman–Crippen LogP) is 1.69. The molecule has 0 spiro atoms. The molecule has 1 aromatic carbocycles. The van der Waals surface area contributed by atoms with E-state index in [0.717, 1.165) is 6.42 Å². The molecule has 1 fully saturated rings. The van der Waals surface area contributed by atoms with Crippen LogP contribution in [0.15, 0.2) is 29.2 Å². The van der Waals surface area contributed by atoms with Gasteiger partial charge in [0.05, 0.1) is 4.90 Å². The van der Waals surface area contributed by atoms with Crippen LogP contribution >= 0.6 is 0 Å². The van der Waals surface area contributed by atoms with Gasteiger partial charge in [-0.3, -0.25) is 0 Å². The molecule has 17 heavy (non-hydrogen) atoms. The Morgan fingerprint density at radius 3 is 2.29 bits per heavy atom. The van der Waals surface area contributed by atoms with Crippen molar-refractivity contribution in [3.8, 4) is 0 Å². The number of nitrogens with two attached hydrogens (primary N) is 1. The van der Waals surface area contributed by atoms with Crippen LogP contribution in [0.1, 0.15) is 20.3 Å². The summed E-state index contributed by atoms with van der Waals surface area (Å²) in [6.07, 6.45) is 0.904. The number of rotatable bonds is 2. The molecule has 0 saturated carbocycles. The molecule has 0 atom stereocenters. The Bertz CT molecular complexity index is 506. The Morgan fingerprint density at radius 1 is 1.24 bits per heavy atom. The molecule has 2 rings (SSSR count). The van der Waals surface area contributed by atoms with Gasteiger partial charge in [0, 0.05) is 18.8 Å². The maximum absolute atomic E-state index is 12.3. The van der Waals surface area contributed by atoms with Crippen LogP contribution in [-0.2, 0) is 10.0 Å². The molecular formula is C12H18N2O2S. The van der Waals surface area contributed by atoms with Crippen LogP contribution in [-0.4, -0.2) is 25.8 Å². The summed E-state index contributed by atoms with van der Waals surface area (Å²) in [4.78, 5) is 0.324. The van der Waals surface area contributed by atoms with Crippen LogP contribution in [0.5, 0.6) is 0 Å². The van der Waals surface area contributed by atoms with E-state index >= 15 is 0 Å². The van der Waals surface area contributed by atoms with Crippen LogP contribution in [0.2, 0.25) is 0 Å². The topological polar surface area (TPSA) is 63.4 Å². The summed E-state index contributed by atoms with van der Waals surface area (Å²) < 4.78 is 26.2. The summed E-state index contributed by atoms with van der Waals surface area (Å²) in [5, 5.41) is 0. The third-order valence-electron chi connectivity index (χ3n) is 3.16. The fraction of sp³-hybridized carbons (Fsp3) is 0.500. The van der Waals surface area contributed by atoms with Crippen molar-refractivity contribution in [2.45, 2.75) is 25.2 Å². The third kappa shape index (κ3) is 2.45. The molecule has 0 radical (unpaired) electrons. The molecule has 1 heterocycles. The van der Waals surface area contributed by atoms with Crippen molar-refractivity contribution in [2.75, 3.05) is 18.8 Å². The average molecular weight is 254 g/mol. The minimum Gasteiger partial charge on any atom is -0.399 e. The zero-order valence-electron chi connectivity index (χ0n) is 10.2. The minimum atomic E-state index is -3.35. The molecule has 1 aromatic rings. The lowest BCUT2D eigenvalue weighted by atomic mass is 9.93. The molecule has 0 aromatic heterocycles. The standard InChI is InChI=1S/C12H18N2O2S/c1-12(2)7-8-14(9-12)17(15,16)11-5-3-10(13)4-6-11/h3-6H,7-9,13H2,1-2H3. The quantitative estimate of drug-likeness (QED) is 0.817. The van der Waals surface area contributed by atoms with E-state index in [4.69, 9.17) is 5.73 Å².